The van der Waals surface area contributed by atoms with E-state index in [1.54, 1.807) is 0 Å². The van der Waals surface area contributed by atoms with Gasteiger partial charge in [-0.2, -0.15) is 0 Å². The van der Waals surface area contributed by atoms with Crippen LogP contribution in [0, 0.1) is 6.42 Å². The summed E-state index contributed by atoms with van der Waals surface area (Å²) in [6.45, 7) is 19.6. The SMILES string of the molecule is C=CCC1(CC=C)C[CH]CC(CC=C)(CC=C)N1CCCCC. The van der Waals surface area contributed by atoms with Crippen molar-refractivity contribution in [3.63, 3.8) is 0 Å². The van der Waals surface area contributed by atoms with Gasteiger partial charge < -0.3 is 0 Å². The molecule has 0 atom stereocenters. The highest BCUT2D eigenvalue weighted by Crippen LogP contribution is 2.46. The van der Waals surface area contributed by atoms with Crippen LogP contribution in [0.2, 0.25) is 0 Å². The molecule has 1 nitrogen and oxygen atoms in total. The summed E-state index contributed by atoms with van der Waals surface area (Å²) in [6.07, 6.45) is 20.9. The lowest BCUT2D eigenvalue weighted by atomic mass is 9.70. The average molecular weight is 315 g/mol. The third-order valence-corrected chi connectivity index (χ3v) is 5.28. The van der Waals surface area contributed by atoms with Gasteiger partial charge in [0.15, 0.2) is 0 Å². The summed E-state index contributed by atoms with van der Waals surface area (Å²) in [5.74, 6) is 0. The molecule has 1 heteroatoms. The van der Waals surface area contributed by atoms with Crippen LogP contribution in [0.4, 0.5) is 0 Å². The maximum atomic E-state index is 4.04. The Morgan fingerprint density at radius 3 is 1.61 bits per heavy atom. The van der Waals surface area contributed by atoms with Gasteiger partial charge in [0.05, 0.1) is 0 Å². The normalized spacial score (nSPS) is 19.9. The molecule has 0 aliphatic carbocycles. The van der Waals surface area contributed by atoms with Crippen LogP contribution in [0.25, 0.3) is 0 Å². The molecule has 0 unspecified atom stereocenters. The third kappa shape index (κ3) is 4.70. The molecule has 0 saturated carbocycles. The monoisotopic (exact) mass is 314 g/mol. The smallest absolute Gasteiger partial charge is 0.0286 e. The molecule has 0 amide bonds. The first-order valence-electron chi connectivity index (χ1n) is 9.17. The highest BCUT2D eigenvalue weighted by Gasteiger charge is 2.48. The standard InChI is InChI=1S/C22H36N/c1-6-11-12-20-23-21(14-7-2,15-8-3)18-13-19-22(23,16-9-4)17-10-5/h7-10,13H,2-6,11-12,14-20H2,1H3. The van der Waals surface area contributed by atoms with Gasteiger partial charge in [0.2, 0.25) is 0 Å². The maximum absolute atomic E-state index is 4.04. The second kappa shape index (κ2) is 9.93. The first-order valence-corrected chi connectivity index (χ1v) is 9.17. The Morgan fingerprint density at radius 2 is 1.26 bits per heavy atom. The fraction of sp³-hybridized carbons (Fsp3) is 0.591. The van der Waals surface area contributed by atoms with E-state index < -0.39 is 0 Å². The van der Waals surface area contributed by atoms with Crippen LogP contribution in [0.5, 0.6) is 0 Å². The molecule has 23 heavy (non-hydrogen) atoms. The van der Waals surface area contributed by atoms with Gasteiger partial charge in [-0.3, -0.25) is 4.90 Å². The lowest BCUT2D eigenvalue weighted by Crippen LogP contribution is -2.63. The molecule has 0 N–H and O–H groups in total. The molecule has 1 radical (unpaired) electrons. The fourth-order valence-electron chi connectivity index (χ4n) is 4.34. The molecule has 0 aromatic rings. The van der Waals surface area contributed by atoms with E-state index in [9.17, 15) is 0 Å². The van der Waals surface area contributed by atoms with Gasteiger partial charge >= 0.3 is 0 Å². The van der Waals surface area contributed by atoms with Crippen molar-refractivity contribution in [1.82, 2.24) is 4.90 Å². The first kappa shape index (κ1) is 20.0. The summed E-state index contributed by atoms with van der Waals surface area (Å²) < 4.78 is 0. The van der Waals surface area contributed by atoms with E-state index in [2.05, 4.69) is 68.9 Å². The average Bonchev–Trinajstić information content (AvgIpc) is 2.51. The molecule has 1 rings (SSSR count). The van der Waals surface area contributed by atoms with Gasteiger partial charge in [0.1, 0.15) is 0 Å². The van der Waals surface area contributed by atoms with E-state index in [4.69, 9.17) is 0 Å². The van der Waals surface area contributed by atoms with Crippen molar-refractivity contribution in [2.75, 3.05) is 6.54 Å². The van der Waals surface area contributed by atoms with E-state index in [0.29, 0.717) is 0 Å². The van der Waals surface area contributed by atoms with E-state index >= 15 is 0 Å². The van der Waals surface area contributed by atoms with Crippen molar-refractivity contribution in [3.05, 3.63) is 57.0 Å². The second-order valence-electron chi connectivity index (χ2n) is 6.98. The summed E-state index contributed by atoms with van der Waals surface area (Å²) in [4.78, 5) is 2.78. The summed E-state index contributed by atoms with van der Waals surface area (Å²) >= 11 is 0. The number of unbranched alkanes of at least 4 members (excludes halogenated alkanes) is 2. The highest BCUT2D eigenvalue weighted by molar-refractivity contribution is 5.15. The van der Waals surface area contributed by atoms with E-state index in [0.717, 1.165) is 45.1 Å². The first-order chi connectivity index (χ1) is 11.1. The van der Waals surface area contributed by atoms with Gasteiger partial charge in [-0.15, -0.1) is 26.3 Å². The fourth-order valence-corrected chi connectivity index (χ4v) is 4.34. The molecule has 0 bridgehead atoms. The Kier molecular flexibility index (Phi) is 8.62. The molecule has 1 aliphatic rings. The van der Waals surface area contributed by atoms with Crippen molar-refractivity contribution < 1.29 is 0 Å². The van der Waals surface area contributed by atoms with Crippen molar-refractivity contribution in [2.45, 2.75) is 75.8 Å². The highest BCUT2D eigenvalue weighted by atomic mass is 15.3. The Bertz CT molecular complexity index is 341. The van der Waals surface area contributed by atoms with Crippen LogP contribution in [-0.4, -0.2) is 22.5 Å². The molecule has 129 valence electrons. The zero-order valence-electron chi connectivity index (χ0n) is 15.2. The summed E-state index contributed by atoms with van der Waals surface area (Å²) in [5, 5.41) is 0. The zero-order chi connectivity index (χ0) is 17.2. The third-order valence-electron chi connectivity index (χ3n) is 5.28. The van der Waals surface area contributed by atoms with Crippen LogP contribution in [-0.2, 0) is 0 Å². The largest absolute Gasteiger partial charge is 0.291 e. The number of rotatable bonds is 12. The molecule has 0 aromatic carbocycles. The Balaban J connectivity index is 3.23. The van der Waals surface area contributed by atoms with Crippen molar-refractivity contribution >= 4 is 0 Å². The number of piperidine rings is 1. The van der Waals surface area contributed by atoms with Gasteiger partial charge in [-0.1, -0.05) is 44.1 Å². The minimum atomic E-state index is 0.126. The van der Waals surface area contributed by atoms with E-state index in [1.807, 2.05) is 0 Å². The molecular formula is C22H36N. The Hall–Kier alpha value is -1.08. The molecule has 1 aliphatic heterocycles. The molecule has 1 saturated heterocycles. The predicted molar refractivity (Wildman–Crippen MR) is 104 cm³/mol. The predicted octanol–water partition coefficient (Wildman–Crippen LogP) is 6.26. The van der Waals surface area contributed by atoms with Gasteiger partial charge in [-0.05, 0) is 57.9 Å². The van der Waals surface area contributed by atoms with Crippen LogP contribution in [0.3, 0.4) is 0 Å². The number of hydrogen-bond donors (Lipinski definition) is 0. The van der Waals surface area contributed by atoms with Gasteiger partial charge in [-0.25, -0.2) is 0 Å². The van der Waals surface area contributed by atoms with Crippen LogP contribution >= 0.6 is 0 Å². The zero-order valence-corrected chi connectivity index (χ0v) is 15.2. The summed E-state index contributed by atoms with van der Waals surface area (Å²) in [6, 6.07) is 0. The van der Waals surface area contributed by atoms with Crippen molar-refractivity contribution in [3.8, 4) is 0 Å². The number of hydrogen-bond acceptors (Lipinski definition) is 1. The van der Waals surface area contributed by atoms with E-state index in [1.165, 1.54) is 19.3 Å². The topological polar surface area (TPSA) is 3.24 Å². The quantitative estimate of drug-likeness (QED) is 0.303. The molecular weight excluding hydrogens is 278 g/mol. The van der Waals surface area contributed by atoms with Crippen LogP contribution in [0.15, 0.2) is 50.6 Å². The Labute approximate surface area is 144 Å². The molecule has 1 heterocycles. The maximum Gasteiger partial charge on any atom is 0.0286 e. The summed E-state index contributed by atoms with van der Waals surface area (Å²) in [5.41, 5.74) is 0.253. The molecule has 0 aromatic heterocycles. The number of nitrogens with zero attached hydrogens (tertiary/aromatic N) is 1. The van der Waals surface area contributed by atoms with E-state index in [-0.39, 0.29) is 11.1 Å². The van der Waals surface area contributed by atoms with Crippen LogP contribution < -0.4 is 0 Å². The van der Waals surface area contributed by atoms with Gasteiger partial charge in [0.25, 0.3) is 0 Å². The number of likely N-dealkylation sites (tertiary alicyclic amines) is 1. The minimum Gasteiger partial charge on any atom is -0.291 e. The minimum absolute atomic E-state index is 0.126. The lowest BCUT2D eigenvalue weighted by molar-refractivity contribution is -0.0447. The Morgan fingerprint density at radius 1 is 0.826 bits per heavy atom. The molecule has 1 fully saturated rings. The molecule has 0 spiro atoms. The van der Waals surface area contributed by atoms with Crippen molar-refractivity contribution in [1.29, 1.82) is 0 Å². The lowest BCUT2D eigenvalue weighted by Gasteiger charge is -2.58. The second-order valence-corrected chi connectivity index (χ2v) is 6.98. The summed E-state index contributed by atoms with van der Waals surface area (Å²) in [7, 11) is 0. The van der Waals surface area contributed by atoms with Crippen LogP contribution in [0.1, 0.15) is 64.7 Å². The van der Waals surface area contributed by atoms with Gasteiger partial charge in [0, 0.05) is 11.1 Å². The van der Waals surface area contributed by atoms with Crippen molar-refractivity contribution in [2.24, 2.45) is 0 Å².